The van der Waals surface area contributed by atoms with Crippen LogP contribution in [0.2, 0.25) is 0 Å². The molecule has 1 aromatic carbocycles. The molecule has 0 saturated carbocycles. The van der Waals surface area contributed by atoms with Gasteiger partial charge in [-0.05, 0) is 19.2 Å². The molecule has 2 amide bonds. The van der Waals surface area contributed by atoms with Crippen molar-refractivity contribution in [1.82, 2.24) is 15.5 Å². The molecule has 1 heterocycles. The normalized spacial score (nSPS) is 17.8. The molecule has 25 heavy (non-hydrogen) atoms. The second-order valence-corrected chi connectivity index (χ2v) is 6.85. The lowest BCUT2D eigenvalue weighted by Crippen LogP contribution is -2.56. The second kappa shape index (κ2) is 10.3. The van der Waals surface area contributed by atoms with Crippen LogP contribution in [0.1, 0.15) is 18.9 Å². The van der Waals surface area contributed by atoms with E-state index < -0.39 is 6.04 Å². The van der Waals surface area contributed by atoms with Crippen LogP contribution in [0, 0.1) is 0 Å². The number of thioether (sulfide) groups is 1. The Morgan fingerprint density at radius 3 is 3.00 bits per heavy atom. The van der Waals surface area contributed by atoms with E-state index in [1.54, 1.807) is 11.8 Å². The van der Waals surface area contributed by atoms with Crippen LogP contribution in [-0.4, -0.2) is 61.0 Å². The average molecular weight is 365 g/mol. The van der Waals surface area contributed by atoms with Crippen molar-refractivity contribution >= 4 is 23.6 Å². The van der Waals surface area contributed by atoms with Gasteiger partial charge in [-0.1, -0.05) is 18.2 Å². The Bertz CT molecular complexity index is 582. The van der Waals surface area contributed by atoms with Crippen molar-refractivity contribution in [3.8, 4) is 5.75 Å². The lowest BCUT2D eigenvalue weighted by Gasteiger charge is -2.35. The highest BCUT2D eigenvalue weighted by Gasteiger charge is 2.31. The van der Waals surface area contributed by atoms with Gasteiger partial charge in [0.15, 0.2) is 0 Å². The fraction of sp³-hybridized carbons (Fsp3) is 0.556. The zero-order valence-electron chi connectivity index (χ0n) is 14.9. The molecule has 138 valence electrons. The Hall–Kier alpha value is -1.73. The summed E-state index contributed by atoms with van der Waals surface area (Å²) >= 11 is 1.68. The van der Waals surface area contributed by atoms with Crippen LogP contribution in [-0.2, 0) is 16.1 Å². The van der Waals surface area contributed by atoms with Crippen LogP contribution < -0.4 is 15.4 Å². The minimum absolute atomic E-state index is 0.0832. The van der Waals surface area contributed by atoms with Crippen molar-refractivity contribution in [3.05, 3.63) is 29.8 Å². The molecule has 0 bridgehead atoms. The summed E-state index contributed by atoms with van der Waals surface area (Å²) in [5, 5.41) is 5.74. The van der Waals surface area contributed by atoms with Gasteiger partial charge in [-0.2, -0.15) is 11.8 Å². The molecular formula is C18H27N3O3S. The molecule has 1 atom stereocenters. The molecule has 1 unspecified atom stereocenters. The fourth-order valence-electron chi connectivity index (χ4n) is 2.86. The molecule has 2 N–H and O–H groups in total. The van der Waals surface area contributed by atoms with Gasteiger partial charge in [-0.3, -0.25) is 14.5 Å². The van der Waals surface area contributed by atoms with E-state index in [-0.39, 0.29) is 18.2 Å². The van der Waals surface area contributed by atoms with Crippen molar-refractivity contribution in [2.24, 2.45) is 0 Å². The summed E-state index contributed by atoms with van der Waals surface area (Å²) in [7, 11) is 0. The first-order valence-corrected chi connectivity index (χ1v) is 10.0. The van der Waals surface area contributed by atoms with E-state index in [9.17, 15) is 9.59 Å². The smallest absolute Gasteiger partial charge is 0.237 e. The molecule has 6 nitrogen and oxygen atoms in total. The minimum Gasteiger partial charge on any atom is -0.494 e. The largest absolute Gasteiger partial charge is 0.494 e. The van der Waals surface area contributed by atoms with Crippen LogP contribution in [0.5, 0.6) is 5.75 Å². The number of hydrogen-bond acceptors (Lipinski definition) is 5. The average Bonchev–Trinajstić information content (AvgIpc) is 2.60. The number of hydrogen-bond donors (Lipinski definition) is 2. The third-order valence-corrected chi connectivity index (χ3v) is 4.71. The number of piperazine rings is 1. The number of ether oxygens (including phenoxy) is 1. The molecule has 0 aliphatic carbocycles. The summed E-state index contributed by atoms with van der Waals surface area (Å²) in [5.41, 5.74) is 1.03. The first kappa shape index (κ1) is 19.6. The minimum atomic E-state index is -0.447. The van der Waals surface area contributed by atoms with E-state index in [2.05, 4.69) is 15.5 Å². The Morgan fingerprint density at radius 1 is 1.44 bits per heavy atom. The van der Waals surface area contributed by atoms with E-state index in [0.29, 0.717) is 26.2 Å². The number of nitrogens with one attached hydrogen (secondary N) is 2. The van der Waals surface area contributed by atoms with Crippen molar-refractivity contribution in [1.29, 1.82) is 0 Å². The SMILES string of the molecule is CCOc1ccccc1CN1CCNC(=O)C1CC(=O)NCCSC. The fourth-order valence-corrected chi connectivity index (χ4v) is 3.17. The molecule has 0 aromatic heterocycles. The summed E-state index contributed by atoms with van der Waals surface area (Å²) < 4.78 is 5.68. The third kappa shape index (κ3) is 5.93. The predicted octanol–water partition coefficient (Wildman–Crippen LogP) is 1.26. The summed E-state index contributed by atoms with van der Waals surface area (Å²) in [4.78, 5) is 26.5. The number of benzene rings is 1. The van der Waals surface area contributed by atoms with E-state index in [1.165, 1.54) is 0 Å². The monoisotopic (exact) mass is 365 g/mol. The van der Waals surface area contributed by atoms with E-state index in [4.69, 9.17) is 4.74 Å². The van der Waals surface area contributed by atoms with Gasteiger partial charge in [0.05, 0.1) is 19.1 Å². The molecular weight excluding hydrogens is 338 g/mol. The van der Waals surface area contributed by atoms with Crippen LogP contribution >= 0.6 is 11.8 Å². The first-order chi connectivity index (χ1) is 12.2. The second-order valence-electron chi connectivity index (χ2n) is 5.86. The number of nitrogens with zero attached hydrogens (tertiary/aromatic N) is 1. The molecule has 1 fully saturated rings. The highest BCUT2D eigenvalue weighted by Crippen LogP contribution is 2.22. The van der Waals surface area contributed by atoms with Crippen molar-refractivity contribution < 1.29 is 14.3 Å². The number of rotatable bonds is 9. The standard InChI is InChI=1S/C18H27N3O3S/c1-3-24-16-7-5-4-6-14(16)13-21-10-8-20-18(23)15(21)12-17(22)19-9-11-25-2/h4-7,15H,3,8-13H2,1-2H3,(H,19,22)(H,20,23). The molecule has 2 rings (SSSR count). The summed E-state index contributed by atoms with van der Waals surface area (Å²) in [5.74, 6) is 1.53. The van der Waals surface area contributed by atoms with Gasteiger partial charge in [0.25, 0.3) is 0 Å². The van der Waals surface area contributed by atoms with Crippen molar-refractivity contribution in [3.63, 3.8) is 0 Å². The van der Waals surface area contributed by atoms with Gasteiger partial charge in [-0.25, -0.2) is 0 Å². The van der Waals surface area contributed by atoms with E-state index >= 15 is 0 Å². The van der Waals surface area contributed by atoms with Crippen molar-refractivity contribution in [2.75, 3.05) is 38.2 Å². The van der Waals surface area contributed by atoms with Gasteiger partial charge in [0, 0.05) is 37.5 Å². The highest BCUT2D eigenvalue weighted by molar-refractivity contribution is 7.98. The molecule has 7 heteroatoms. The van der Waals surface area contributed by atoms with E-state index in [1.807, 2.05) is 37.4 Å². The van der Waals surface area contributed by atoms with Gasteiger partial charge in [0.2, 0.25) is 11.8 Å². The first-order valence-electron chi connectivity index (χ1n) is 8.63. The van der Waals surface area contributed by atoms with Crippen LogP contribution in [0.4, 0.5) is 0 Å². The lowest BCUT2D eigenvalue weighted by molar-refractivity contribution is -0.134. The third-order valence-electron chi connectivity index (χ3n) is 4.09. The Labute approximate surface area is 153 Å². The topological polar surface area (TPSA) is 70.7 Å². The lowest BCUT2D eigenvalue weighted by atomic mass is 10.1. The number of carbonyl (C=O) groups excluding carboxylic acids is 2. The molecule has 1 aliphatic heterocycles. The number of amides is 2. The zero-order chi connectivity index (χ0) is 18.1. The maximum atomic E-state index is 12.3. The maximum absolute atomic E-state index is 12.3. The Balaban J connectivity index is 2.04. The van der Waals surface area contributed by atoms with Gasteiger partial charge in [-0.15, -0.1) is 0 Å². The molecule has 1 aromatic rings. The van der Waals surface area contributed by atoms with Crippen molar-refractivity contribution in [2.45, 2.75) is 25.9 Å². The van der Waals surface area contributed by atoms with Crippen LogP contribution in [0.15, 0.2) is 24.3 Å². The highest BCUT2D eigenvalue weighted by atomic mass is 32.2. The summed E-state index contributed by atoms with van der Waals surface area (Å²) in [6.07, 6.45) is 2.18. The van der Waals surface area contributed by atoms with E-state index in [0.717, 1.165) is 23.6 Å². The predicted molar refractivity (Wildman–Crippen MR) is 101 cm³/mol. The number of para-hydroxylation sites is 1. The Kier molecular flexibility index (Phi) is 8.08. The van der Waals surface area contributed by atoms with Gasteiger partial charge < -0.3 is 15.4 Å². The molecule has 0 radical (unpaired) electrons. The summed E-state index contributed by atoms with van der Waals surface area (Å²) in [6, 6.07) is 7.40. The number of carbonyl (C=O) groups is 2. The maximum Gasteiger partial charge on any atom is 0.237 e. The molecule has 1 aliphatic rings. The Morgan fingerprint density at radius 2 is 2.24 bits per heavy atom. The zero-order valence-corrected chi connectivity index (χ0v) is 15.7. The van der Waals surface area contributed by atoms with Crippen LogP contribution in [0.25, 0.3) is 0 Å². The summed E-state index contributed by atoms with van der Waals surface area (Å²) in [6.45, 7) is 5.08. The van der Waals surface area contributed by atoms with Gasteiger partial charge in [0.1, 0.15) is 5.75 Å². The molecule has 0 spiro atoms. The molecule has 1 saturated heterocycles. The van der Waals surface area contributed by atoms with Crippen LogP contribution in [0.3, 0.4) is 0 Å². The quantitative estimate of drug-likeness (QED) is 0.645. The van der Waals surface area contributed by atoms with Gasteiger partial charge >= 0.3 is 0 Å².